The topological polar surface area (TPSA) is 49.0 Å². The lowest BCUT2D eigenvalue weighted by atomic mass is 10.0. The Bertz CT molecular complexity index is 402. The summed E-state index contributed by atoms with van der Waals surface area (Å²) in [6.07, 6.45) is 2.50. The Balaban J connectivity index is 2.92. The van der Waals surface area contributed by atoms with Crippen molar-refractivity contribution in [2.75, 3.05) is 11.9 Å². The van der Waals surface area contributed by atoms with Crippen molar-refractivity contribution in [2.45, 2.75) is 33.2 Å². The molecule has 1 rings (SSSR count). The van der Waals surface area contributed by atoms with Crippen molar-refractivity contribution in [3.63, 3.8) is 0 Å². The van der Waals surface area contributed by atoms with Crippen LogP contribution < -0.4 is 10.5 Å². The number of anilines is 1. The monoisotopic (exact) mass is 287 g/mol. The number of rotatable bonds is 4. The predicted molar refractivity (Wildman–Crippen MR) is 69.9 cm³/mol. The van der Waals surface area contributed by atoms with Crippen molar-refractivity contribution in [1.82, 2.24) is 9.97 Å². The van der Waals surface area contributed by atoms with Gasteiger partial charge >= 0.3 is 0 Å². The van der Waals surface area contributed by atoms with Gasteiger partial charge in [-0.2, -0.15) is 0 Å². The quantitative estimate of drug-likeness (QED) is 0.925. The van der Waals surface area contributed by atoms with Gasteiger partial charge in [-0.05, 0) is 35.2 Å². The fourth-order valence-corrected chi connectivity index (χ4v) is 2.17. The molecule has 0 radical (unpaired) electrons. The molecule has 0 saturated carbocycles. The minimum absolute atomic E-state index is 0.145. The van der Waals surface area contributed by atoms with Crippen molar-refractivity contribution < 1.29 is 0 Å². The van der Waals surface area contributed by atoms with Gasteiger partial charge in [0.15, 0.2) is 0 Å². The van der Waals surface area contributed by atoms with Gasteiger partial charge in [-0.15, -0.1) is 0 Å². The molecule has 5 heteroatoms. The summed E-state index contributed by atoms with van der Waals surface area (Å²) in [6, 6.07) is 0.352. The van der Waals surface area contributed by atoms with Gasteiger partial charge in [0.2, 0.25) is 0 Å². The highest BCUT2D eigenvalue weighted by Crippen LogP contribution is 2.21. The lowest BCUT2D eigenvalue weighted by Gasteiger charge is -2.27. The number of hydrogen-bond acceptors (Lipinski definition) is 3. The van der Waals surface area contributed by atoms with Gasteiger partial charge < -0.3 is 9.88 Å². The summed E-state index contributed by atoms with van der Waals surface area (Å²) in [6.45, 7) is 6.50. The first-order valence-corrected chi connectivity index (χ1v) is 6.18. The molecule has 90 valence electrons. The van der Waals surface area contributed by atoms with Crippen LogP contribution in [-0.4, -0.2) is 23.1 Å². The van der Waals surface area contributed by atoms with Gasteiger partial charge in [-0.25, -0.2) is 4.98 Å². The number of nitrogens with zero attached hydrogens (tertiary/aromatic N) is 2. The van der Waals surface area contributed by atoms with Gasteiger partial charge in [0.05, 0.1) is 6.33 Å². The zero-order chi connectivity index (χ0) is 12.3. The smallest absolute Gasteiger partial charge is 0.267 e. The summed E-state index contributed by atoms with van der Waals surface area (Å²) in [4.78, 5) is 20.2. The number of H-pyrrole nitrogens is 1. The highest BCUT2D eigenvalue weighted by Gasteiger charge is 2.16. The number of halogens is 1. The van der Waals surface area contributed by atoms with Crippen molar-refractivity contribution >= 4 is 21.7 Å². The summed E-state index contributed by atoms with van der Waals surface area (Å²) < 4.78 is 0.494. The number of aromatic nitrogens is 2. The lowest BCUT2D eigenvalue weighted by Crippen LogP contribution is -2.32. The molecule has 0 aromatic carbocycles. The van der Waals surface area contributed by atoms with E-state index >= 15 is 0 Å². The first-order chi connectivity index (χ1) is 7.43. The molecule has 1 aromatic heterocycles. The normalized spacial score (nSPS) is 12.9. The molecule has 0 aliphatic rings. The average Bonchev–Trinajstić information content (AvgIpc) is 2.20. The highest BCUT2D eigenvalue weighted by atomic mass is 79.9. The highest BCUT2D eigenvalue weighted by molar-refractivity contribution is 9.10. The van der Waals surface area contributed by atoms with Crippen molar-refractivity contribution in [3.05, 3.63) is 21.2 Å². The zero-order valence-corrected chi connectivity index (χ0v) is 11.7. The standard InChI is InChI=1S/C11H18BrN3O/c1-7(2)5-8(3)15(4)10-9(12)11(16)14-6-13-10/h6-8H,5H2,1-4H3,(H,13,14,16). The van der Waals surface area contributed by atoms with Crippen LogP contribution in [0.4, 0.5) is 5.82 Å². The number of nitrogens with one attached hydrogen (secondary N) is 1. The predicted octanol–water partition coefficient (Wildman–Crippen LogP) is 2.40. The molecular weight excluding hydrogens is 270 g/mol. The van der Waals surface area contributed by atoms with E-state index in [9.17, 15) is 4.79 Å². The Labute approximate surface area is 104 Å². The molecule has 1 unspecified atom stereocenters. The van der Waals surface area contributed by atoms with Crippen LogP contribution in [0.25, 0.3) is 0 Å². The van der Waals surface area contributed by atoms with Crippen LogP contribution in [0, 0.1) is 5.92 Å². The molecule has 0 bridgehead atoms. The van der Waals surface area contributed by atoms with Crippen LogP contribution in [0.1, 0.15) is 27.2 Å². The Kier molecular flexibility index (Phi) is 4.53. The van der Waals surface area contributed by atoms with E-state index in [1.807, 2.05) is 11.9 Å². The maximum Gasteiger partial charge on any atom is 0.267 e. The number of hydrogen-bond donors (Lipinski definition) is 1. The van der Waals surface area contributed by atoms with Crippen LogP contribution in [-0.2, 0) is 0 Å². The van der Waals surface area contributed by atoms with E-state index in [1.165, 1.54) is 6.33 Å². The fraction of sp³-hybridized carbons (Fsp3) is 0.636. The first kappa shape index (κ1) is 13.2. The molecular formula is C11H18BrN3O. The average molecular weight is 288 g/mol. The summed E-state index contributed by atoms with van der Waals surface area (Å²) in [5.41, 5.74) is -0.145. The summed E-state index contributed by atoms with van der Waals surface area (Å²) in [5.74, 6) is 1.31. The van der Waals surface area contributed by atoms with E-state index in [0.29, 0.717) is 22.3 Å². The van der Waals surface area contributed by atoms with E-state index in [-0.39, 0.29) is 5.56 Å². The minimum atomic E-state index is -0.145. The Morgan fingerprint density at radius 2 is 2.12 bits per heavy atom. The molecule has 1 N–H and O–H groups in total. The molecule has 4 nitrogen and oxygen atoms in total. The third-order valence-corrected chi connectivity index (χ3v) is 3.30. The van der Waals surface area contributed by atoms with Gasteiger partial charge in [0.1, 0.15) is 10.3 Å². The van der Waals surface area contributed by atoms with Crippen LogP contribution in [0.5, 0.6) is 0 Å². The molecule has 1 aromatic rings. The maximum absolute atomic E-state index is 11.4. The minimum Gasteiger partial charge on any atom is -0.356 e. The summed E-state index contributed by atoms with van der Waals surface area (Å²) >= 11 is 3.27. The van der Waals surface area contributed by atoms with Crippen molar-refractivity contribution in [3.8, 4) is 0 Å². The van der Waals surface area contributed by atoms with Crippen molar-refractivity contribution in [1.29, 1.82) is 0 Å². The van der Waals surface area contributed by atoms with E-state index < -0.39 is 0 Å². The van der Waals surface area contributed by atoms with E-state index in [4.69, 9.17) is 0 Å². The van der Waals surface area contributed by atoms with E-state index in [1.54, 1.807) is 0 Å². The second-order valence-corrected chi connectivity index (χ2v) is 5.25. The van der Waals surface area contributed by atoms with E-state index in [0.717, 1.165) is 6.42 Å². The number of aromatic amines is 1. The second-order valence-electron chi connectivity index (χ2n) is 4.46. The Morgan fingerprint density at radius 1 is 1.50 bits per heavy atom. The largest absolute Gasteiger partial charge is 0.356 e. The van der Waals surface area contributed by atoms with Crippen LogP contribution in [0.15, 0.2) is 15.6 Å². The molecule has 0 fully saturated rings. The molecule has 0 amide bonds. The van der Waals surface area contributed by atoms with Gasteiger partial charge in [0, 0.05) is 13.1 Å². The molecule has 1 atom stereocenters. The van der Waals surface area contributed by atoms with Crippen LogP contribution in [0.3, 0.4) is 0 Å². The van der Waals surface area contributed by atoms with Crippen molar-refractivity contribution in [2.24, 2.45) is 5.92 Å². The first-order valence-electron chi connectivity index (χ1n) is 5.39. The summed E-state index contributed by atoms with van der Waals surface area (Å²) in [5, 5.41) is 0. The zero-order valence-electron chi connectivity index (χ0n) is 10.1. The SMILES string of the molecule is CC(C)CC(C)N(C)c1nc[nH]c(=O)c1Br. The summed E-state index contributed by atoms with van der Waals surface area (Å²) in [7, 11) is 1.96. The van der Waals surface area contributed by atoms with Gasteiger partial charge in [-0.1, -0.05) is 13.8 Å². The third-order valence-electron chi connectivity index (χ3n) is 2.59. The molecule has 0 spiro atoms. The lowest BCUT2D eigenvalue weighted by molar-refractivity contribution is 0.501. The molecule has 0 aliphatic heterocycles. The second kappa shape index (κ2) is 5.48. The Morgan fingerprint density at radius 3 is 2.69 bits per heavy atom. The molecule has 0 saturated heterocycles. The van der Waals surface area contributed by atoms with E-state index in [2.05, 4.69) is 46.7 Å². The molecule has 16 heavy (non-hydrogen) atoms. The molecule has 0 aliphatic carbocycles. The van der Waals surface area contributed by atoms with Crippen LogP contribution >= 0.6 is 15.9 Å². The Hall–Kier alpha value is -0.840. The van der Waals surface area contributed by atoms with Crippen LogP contribution in [0.2, 0.25) is 0 Å². The third kappa shape index (κ3) is 3.07. The van der Waals surface area contributed by atoms with Gasteiger partial charge in [-0.3, -0.25) is 4.79 Å². The van der Waals surface area contributed by atoms with Gasteiger partial charge in [0.25, 0.3) is 5.56 Å². The fourth-order valence-electron chi connectivity index (χ4n) is 1.67. The molecule has 1 heterocycles. The maximum atomic E-state index is 11.4.